The summed E-state index contributed by atoms with van der Waals surface area (Å²) in [6.45, 7) is 5.72. The van der Waals surface area contributed by atoms with E-state index in [2.05, 4.69) is 123 Å². The number of hydrogen-bond acceptors (Lipinski definition) is 10. The lowest BCUT2D eigenvalue weighted by atomic mass is 9.99. The first-order valence-corrected chi connectivity index (χ1v) is 35.2. The van der Waals surface area contributed by atoms with Crippen molar-refractivity contribution >= 4 is 11.9 Å². The molecular formula is C75H129NO10. The highest BCUT2D eigenvalue weighted by molar-refractivity contribution is 5.80. The highest BCUT2D eigenvalue weighted by atomic mass is 16.7. The number of unbranched alkanes of at least 4 members (excludes halogenated alkanes) is 29. The molecule has 1 aliphatic rings. The fourth-order valence-electron chi connectivity index (χ4n) is 10.3. The highest BCUT2D eigenvalue weighted by Crippen LogP contribution is 2.26. The summed E-state index contributed by atoms with van der Waals surface area (Å²) in [4.78, 5) is 26.7. The fourth-order valence-corrected chi connectivity index (χ4v) is 10.3. The van der Waals surface area contributed by atoms with Crippen LogP contribution in [-0.4, -0.2) is 99.6 Å². The van der Waals surface area contributed by atoms with E-state index >= 15 is 0 Å². The molecule has 494 valence electrons. The van der Waals surface area contributed by atoms with Gasteiger partial charge in [-0.1, -0.05) is 278 Å². The van der Waals surface area contributed by atoms with E-state index < -0.39 is 67.4 Å². The van der Waals surface area contributed by atoms with Crippen LogP contribution >= 0.6 is 0 Å². The normalized spacial score (nSPS) is 19.0. The van der Waals surface area contributed by atoms with E-state index in [0.717, 1.165) is 109 Å². The summed E-state index contributed by atoms with van der Waals surface area (Å²) in [6.07, 6.45) is 74.1. The number of aliphatic hydroxyl groups is 5. The third-order valence-corrected chi connectivity index (χ3v) is 15.9. The monoisotopic (exact) mass is 1200 g/mol. The Morgan fingerprint density at radius 2 is 0.802 bits per heavy atom. The van der Waals surface area contributed by atoms with Gasteiger partial charge < -0.3 is 45.1 Å². The van der Waals surface area contributed by atoms with Crippen LogP contribution in [0.15, 0.2) is 109 Å². The Bertz CT molecular complexity index is 1820. The maximum atomic E-state index is 13.4. The van der Waals surface area contributed by atoms with E-state index in [9.17, 15) is 35.1 Å². The van der Waals surface area contributed by atoms with Gasteiger partial charge in [-0.05, 0) is 116 Å². The molecule has 8 atom stereocenters. The Morgan fingerprint density at radius 3 is 1.22 bits per heavy atom. The van der Waals surface area contributed by atoms with Crippen LogP contribution < -0.4 is 5.32 Å². The number of rotatable bonds is 59. The Morgan fingerprint density at radius 1 is 0.453 bits per heavy atom. The smallest absolute Gasteiger partial charge is 0.306 e. The number of hydrogen-bond donors (Lipinski definition) is 6. The molecule has 8 unspecified atom stereocenters. The van der Waals surface area contributed by atoms with Gasteiger partial charge >= 0.3 is 5.97 Å². The molecule has 0 spiro atoms. The summed E-state index contributed by atoms with van der Waals surface area (Å²) in [5.41, 5.74) is 0. The molecule has 0 bridgehead atoms. The molecule has 0 aliphatic carbocycles. The average molecular weight is 1200 g/mol. The lowest BCUT2D eigenvalue weighted by molar-refractivity contribution is -0.305. The molecule has 1 rings (SSSR count). The molecule has 6 N–H and O–H groups in total. The van der Waals surface area contributed by atoms with Crippen molar-refractivity contribution in [2.45, 2.75) is 339 Å². The van der Waals surface area contributed by atoms with Gasteiger partial charge in [-0.15, -0.1) is 0 Å². The van der Waals surface area contributed by atoms with Gasteiger partial charge in [0.2, 0.25) is 5.91 Å². The van der Waals surface area contributed by atoms with Crippen LogP contribution in [0.5, 0.6) is 0 Å². The van der Waals surface area contributed by atoms with E-state index in [1.807, 2.05) is 6.08 Å². The van der Waals surface area contributed by atoms with E-state index in [1.165, 1.54) is 135 Å². The zero-order chi connectivity index (χ0) is 62.4. The number of aliphatic hydroxyl groups excluding tert-OH is 5. The van der Waals surface area contributed by atoms with Crippen molar-refractivity contribution in [3.8, 4) is 0 Å². The van der Waals surface area contributed by atoms with Crippen molar-refractivity contribution in [2.75, 3.05) is 13.2 Å². The van der Waals surface area contributed by atoms with Gasteiger partial charge in [-0.3, -0.25) is 9.59 Å². The summed E-state index contributed by atoms with van der Waals surface area (Å²) in [6, 6.07) is -1.05. The minimum absolute atomic E-state index is 0.110. The van der Waals surface area contributed by atoms with Gasteiger partial charge in [0, 0.05) is 6.42 Å². The molecule has 11 heteroatoms. The number of nitrogens with one attached hydrogen (secondary N) is 1. The standard InChI is InChI=1S/C75H129NO10/c1-4-7-10-13-16-19-22-25-27-29-31-32-33-34-35-36-37-38-39-41-43-45-48-51-54-57-60-63-70(80)86-73-72(82)71(81)69(64-77)85-75(73)84-65-66(67(78)61-58-55-52-49-46-24-21-18-15-12-9-6-3)76-74(83)68(79)62-59-56-53-50-47-44-42-40-30-28-26-23-20-17-14-11-8-5-2/h16-17,19-20,25-28,31-32,34-35,40,42,47,50,58,61,66-69,71-73,75,77-79,81-82H,4-15,18,21-24,29-30,33,36-39,41,43-46,48-49,51-57,59-60,62-65H2,1-3H3,(H,76,83)/b19-16-,20-17-,27-25-,28-26-,32-31-,35-34-,42-40-,50-47-,61-58+. The molecular weight excluding hydrogens is 1070 g/mol. The van der Waals surface area contributed by atoms with Gasteiger partial charge in [0.05, 0.1) is 25.4 Å². The van der Waals surface area contributed by atoms with Crippen LogP contribution in [0.25, 0.3) is 0 Å². The number of allylic oxidation sites excluding steroid dienone is 17. The van der Waals surface area contributed by atoms with E-state index in [0.29, 0.717) is 12.8 Å². The molecule has 1 fully saturated rings. The predicted octanol–water partition coefficient (Wildman–Crippen LogP) is 18.0. The zero-order valence-electron chi connectivity index (χ0n) is 54.9. The maximum Gasteiger partial charge on any atom is 0.306 e. The SMILES string of the molecule is CCCCC/C=C\C/C=C\C/C=C\C/C=C\CCCCCCCCCCCCCC(=O)OC1C(OCC(NC(=O)C(O)CCCC/C=C\C/C=C\C/C=C\C/C=C\CCCCC)C(O)/C=C/CCCCCCCCCCCC)OC(CO)C(O)C1O. The van der Waals surface area contributed by atoms with Gasteiger partial charge in [0.1, 0.15) is 24.4 Å². The molecule has 0 aromatic heterocycles. The largest absolute Gasteiger partial charge is 0.454 e. The first-order valence-electron chi connectivity index (χ1n) is 35.2. The number of amides is 1. The molecule has 86 heavy (non-hydrogen) atoms. The summed E-state index contributed by atoms with van der Waals surface area (Å²) < 4.78 is 17.7. The van der Waals surface area contributed by atoms with Crippen LogP contribution in [0.4, 0.5) is 0 Å². The third kappa shape index (κ3) is 48.3. The number of carbonyl (C=O) groups is 2. The molecule has 1 aliphatic heterocycles. The first kappa shape index (κ1) is 80.3. The Kier molecular flexibility index (Phi) is 57.5. The van der Waals surface area contributed by atoms with Crippen LogP contribution in [0, 0.1) is 0 Å². The minimum Gasteiger partial charge on any atom is -0.454 e. The summed E-state index contributed by atoms with van der Waals surface area (Å²) in [5, 5.41) is 57.1. The molecule has 0 aromatic rings. The van der Waals surface area contributed by atoms with Crippen molar-refractivity contribution in [3.63, 3.8) is 0 Å². The fraction of sp³-hybridized carbons (Fsp3) is 0.733. The maximum absolute atomic E-state index is 13.4. The van der Waals surface area contributed by atoms with Gasteiger partial charge in [-0.2, -0.15) is 0 Å². The lowest BCUT2D eigenvalue weighted by Gasteiger charge is -2.41. The number of ether oxygens (including phenoxy) is 3. The van der Waals surface area contributed by atoms with E-state index in [-0.39, 0.29) is 19.4 Å². The third-order valence-electron chi connectivity index (χ3n) is 15.9. The van der Waals surface area contributed by atoms with Crippen LogP contribution in [0.1, 0.15) is 290 Å². The second kappa shape index (κ2) is 61.6. The van der Waals surface area contributed by atoms with Crippen molar-refractivity contribution in [1.29, 1.82) is 0 Å². The Balaban J connectivity index is 2.59. The van der Waals surface area contributed by atoms with Gasteiger partial charge in [0.25, 0.3) is 0 Å². The number of esters is 1. The molecule has 1 heterocycles. The van der Waals surface area contributed by atoms with Crippen LogP contribution in [0.3, 0.4) is 0 Å². The second-order valence-electron chi connectivity index (χ2n) is 23.9. The molecule has 0 aromatic carbocycles. The van der Waals surface area contributed by atoms with E-state index in [1.54, 1.807) is 6.08 Å². The topological polar surface area (TPSA) is 175 Å². The number of carbonyl (C=O) groups excluding carboxylic acids is 2. The second-order valence-corrected chi connectivity index (χ2v) is 23.9. The van der Waals surface area contributed by atoms with E-state index in [4.69, 9.17) is 14.2 Å². The first-order chi connectivity index (χ1) is 42.2. The molecule has 1 amide bonds. The lowest BCUT2D eigenvalue weighted by Crippen LogP contribution is -2.61. The average Bonchev–Trinajstić information content (AvgIpc) is 2.65. The van der Waals surface area contributed by atoms with Crippen LogP contribution in [-0.2, 0) is 23.8 Å². The summed E-state index contributed by atoms with van der Waals surface area (Å²) in [7, 11) is 0. The minimum atomic E-state index is -1.63. The van der Waals surface area contributed by atoms with Gasteiger partial charge in [-0.25, -0.2) is 0 Å². The highest BCUT2D eigenvalue weighted by Gasteiger charge is 2.47. The summed E-state index contributed by atoms with van der Waals surface area (Å²) in [5.74, 6) is -1.23. The molecule has 1 saturated heterocycles. The predicted molar refractivity (Wildman–Crippen MR) is 361 cm³/mol. The van der Waals surface area contributed by atoms with Gasteiger partial charge in [0.15, 0.2) is 12.4 Å². The van der Waals surface area contributed by atoms with Crippen molar-refractivity contribution in [1.82, 2.24) is 5.32 Å². The summed E-state index contributed by atoms with van der Waals surface area (Å²) >= 11 is 0. The van der Waals surface area contributed by atoms with Crippen molar-refractivity contribution in [2.24, 2.45) is 0 Å². The van der Waals surface area contributed by atoms with Crippen LogP contribution in [0.2, 0.25) is 0 Å². The zero-order valence-corrected chi connectivity index (χ0v) is 54.9. The Hall–Kier alpha value is -3.68. The molecule has 0 saturated carbocycles. The molecule has 0 radical (unpaired) electrons. The Labute approximate surface area is 526 Å². The quantitative estimate of drug-likeness (QED) is 0.0195. The van der Waals surface area contributed by atoms with Crippen molar-refractivity contribution in [3.05, 3.63) is 109 Å². The molecule has 11 nitrogen and oxygen atoms in total. The van der Waals surface area contributed by atoms with Crippen molar-refractivity contribution < 1.29 is 49.3 Å².